The average molecular weight is 224 g/mol. The van der Waals surface area contributed by atoms with Crippen molar-refractivity contribution in [3.63, 3.8) is 0 Å². The fraction of sp³-hybridized carbons (Fsp3) is 0.750. The van der Waals surface area contributed by atoms with Crippen molar-refractivity contribution in [2.24, 2.45) is 5.41 Å². The van der Waals surface area contributed by atoms with Gasteiger partial charge in [-0.25, -0.2) is 0 Å². The molecule has 0 aromatic rings. The molecule has 1 N–H and O–H groups in total. The van der Waals surface area contributed by atoms with Crippen molar-refractivity contribution in [3.05, 3.63) is 0 Å². The molecule has 0 aliphatic carbocycles. The van der Waals surface area contributed by atoms with Crippen LogP contribution in [0.1, 0.15) is 52.9 Å². The molecule has 0 rings (SSSR count). The molecule has 90 valence electrons. The minimum atomic E-state index is -0.655. The Morgan fingerprint density at radius 2 is 1.94 bits per heavy atom. The summed E-state index contributed by atoms with van der Waals surface area (Å²) in [5, 5.41) is 10.5. The van der Waals surface area contributed by atoms with Gasteiger partial charge >= 0.3 is 0 Å². The van der Waals surface area contributed by atoms with E-state index in [-0.39, 0.29) is 11.7 Å². The van der Waals surface area contributed by atoms with Gasteiger partial charge in [0.15, 0.2) is 6.19 Å². The van der Waals surface area contributed by atoms with E-state index in [1.165, 1.54) is 0 Å². The quantitative estimate of drug-likeness (QED) is 0.532. The third-order valence-corrected chi connectivity index (χ3v) is 2.62. The molecule has 0 spiro atoms. The highest BCUT2D eigenvalue weighted by Crippen LogP contribution is 2.23. The number of hydrogen-bond acceptors (Lipinski definition) is 3. The number of unbranched alkanes of at least 4 members (excludes halogenated alkanes) is 1. The van der Waals surface area contributed by atoms with Gasteiger partial charge in [-0.2, -0.15) is 5.26 Å². The molecule has 1 amide bonds. The molecule has 0 saturated heterocycles. The molecule has 0 bridgehead atoms. The van der Waals surface area contributed by atoms with E-state index in [2.05, 4.69) is 5.32 Å². The zero-order valence-electron chi connectivity index (χ0n) is 10.3. The van der Waals surface area contributed by atoms with Gasteiger partial charge in [0.2, 0.25) is 5.91 Å². The first-order chi connectivity index (χ1) is 7.44. The van der Waals surface area contributed by atoms with Gasteiger partial charge in [0, 0.05) is 18.3 Å². The van der Waals surface area contributed by atoms with Crippen LogP contribution >= 0.6 is 0 Å². The van der Waals surface area contributed by atoms with Crippen molar-refractivity contribution >= 4 is 11.7 Å². The molecule has 0 unspecified atom stereocenters. The molecule has 0 saturated carbocycles. The summed E-state index contributed by atoms with van der Waals surface area (Å²) in [5.41, 5.74) is -0.655. The Morgan fingerprint density at radius 1 is 1.31 bits per heavy atom. The molecule has 0 aromatic carbocycles. The van der Waals surface area contributed by atoms with E-state index in [0.717, 1.165) is 12.8 Å². The van der Waals surface area contributed by atoms with Gasteiger partial charge in [-0.1, -0.05) is 27.2 Å². The molecule has 16 heavy (non-hydrogen) atoms. The lowest BCUT2D eigenvalue weighted by Gasteiger charge is -2.20. The van der Waals surface area contributed by atoms with Gasteiger partial charge in [-0.3, -0.25) is 14.9 Å². The molecular formula is C12H20N2O2. The van der Waals surface area contributed by atoms with Crippen LogP contribution in [0, 0.1) is 16.9 Å². The van der Waals surface area contributed by atoms with E-state index < -0.39 is 5.41 Å². The number of Topliss-reactive ketones (excluding diaryl/α,β-unsaturated/α-hetero) is 1. The normalized spacial score (nSPS) is 10.6. The van der Waals surface area contributed by atoms with E-state index in [1.807, 2.05) is 6.92 Å². The molecule has 0 fully saturated rings. The number of nitriles is 1. The van der Waals surface area contributed by atoms with E-state index in [1.54, 1.807) is 20.0 Å². The summed E-state index contributed by atoms with van der Waals surface area (Å²) in [6.45, 7) is 5.52. The highest BCUT2D eigenvalue weighted by atomic mass is 16.2. The summed E-state index contributed by atoms with van der Waals surface area (Å²) in [5.74, 6) is -0.127. The predicted molar refractivity (Wildman–Crippen MR) is 61.3 cm³/mol. The molecule has 0 aliphatic rings. The Kier molecular flexibility index (Phi) is 6.40. The Hall–Kier alpha value is -1.37. The van der Waals surface area contributed by atoms with Crippen molar-refractivity contribution in [3.8, 4) is 6.19 Å². The topological polar surface area (TPSA) is 70.0 Å². The summed E-state index contributed by atoms with van der Waals surface area (Å²) in [7, 11) is 0. The van der Waals surface area contributed by atoms with E-state index in [4.69, 9.17) is 5.26 Å². The highest BCUT2D eigenvalue weighted by molar-refractivity contribution is 5.84. The van der Waals surface area contributed by atoms with Gasteiger partial charge in [0.1, 0.15) is 5.78 Å². The van der Waals surface area contributed by atoms with E-state index in [0.29, 0.717) is 19.3 Å². The second-order valence-electron chi connectivity index (χ2n) is 4.59. The molecule has 0 aromatic heterocycles. The van der Waals surface area contributed by atoms with Crippen LogP contribution in [-0.4, -0.2) is 11.7 Å². The Labute approximate surface area is 97.0 Å². The largest absolute Gasteiger partial charge is 0.300 e. The van der Waals surface area contributed by atoms with Crippen LogP contribution in [0.15, 0.2) is 0 Å². The zero-order chi connectivity index (χ0) is 12.6. The SMILES string of the molecule is CCCCC(=O)CCC(C)(C)C(=O)NC#N. The maximum Gasteiger partial charge on any atom is 0.238 e. The second-order valence-corrected chi connectivity index (χ2v) is 4.59. The number of amides is 1. The van der Waals surface area contributed by atoms with Gasteiger partial charge in [0.25, 0.3) is 0 Å². The fourth-order valence-electron chi connectivity index (χ4n) is 1.28. The monoisotopic (exact) mass is 224 g/mol. The van der Waals surface area contributed by atoms with Crippen molar-refractivity contribution in [1.29, 1.82) is 5.26 Å². The van der Waals surface area contributed by atoms with Crippen LogP contribution in [-0.2, 0) is 9.59 Å². The van der Waals surface area contributed by atoms with Crippen LogP contribution in [0.2, 0.25) is 0 Å². The van der Waals surface area contributed by atoms with Crippen molar-refractivity contribution < 1.29 is 9.59 Å². The molecule has 0 aliphatic heterocycles. The van der Waals surface area contributed by atoms with Gasteiger partial charge in [-0.15, -0.1) is 0 Å². The molecule has 4 nitrogen and oxygen atoms in total. The van der Waals surface area contributed by atoms with Crippen LogP contribution in [0.3, 0.4) is 0 Å². The predicted octanol–water partition coefficient (Wildman–Crippen LogP) is 2.15. The Balaban J connectivity index is 4.04. The minimum Gasteiger partial charge on any atom is -0.300 e. The number of ketones is 1. The Bertz CT molecular complexity index is 290. The third-order valence-electron chi connectivity index (χ3n) is 2.62. The highest BCUT2D eigenvalue weighted by Gasteiger charge is 2.27. The smallest absolute Gasteiger partial charge is 0.238 e. The lowest BCUT2D eigenvalue weighted by atomic mass is 9.85. The van der Waals surface area contributed by atoms with Gasteiger partial charge < -0.3 is 0 Å². The summed E-state index contributed by atoms with van der Waals surface area (Å²) >= 11 is 0. The third kappa shape index (κ3) is 5.50. The van der Waals surface area contributed by atoms with Gasteiger partial charge in [0.05, 0.1) is 0 Å². The van der Waals surface area contributed by atoms with E-state index in [9.17, 15) is 9.59 Å². The maximum absolute atomic E-state index is 11.4. The van der Waals surface area contributed by atoms with Crippen molar-refractivity contribution in [2.75, 3.05) is 0 Å². The molecule has 4 heteroatoms. The maximum atomic E-state index is 11.4. The molecular weight excluding hydrogens is 204 g/mol. The molecule has 0 atom stereocenters. The Morgan fingerprint density at radius 3 is 2.44 bits per heavy atom. The van der Waals surface area contributed by atoms with Crippen LogP contribution in [0.4, 0.5) is 0 Å². The first-order valence-electron chi connectivity index (χ1n) is 5.65. The average Bonchev–Trinajstić information content (AvgIpc) is 2.24. The minimum absolute atomic E-state index is 0.194. The summed E-state index contributed by atoms with van der Waals surface area (Å²) in [6, 6.07) is 0. The number of nitrogens with one attached hydrogen (secondary N) is 1. The fourth-order valence-corrected chi connectivity index (χ4v) is 1.28. The summed E-state index contributed by atoms with van der Waals surface area (Å²) in [6.07, 6.45) is 5.01. The number of nitrogens with zero attached hydrogens (tertiary/aromatic N) is 1. The molecule has 0 radical (unpaired) electrons. The zero-order valence-corrected chi connectivity index (χ0v) is 10.3. The number of rotatable bonds is 7. The van der Waals surface area contributed by atoms with Crippen LogP contribution < -0.4 is 5.32 Å². The first kappa shape index (κ1) is 14.6. The lowest BCUT2D eigenvalue weighted by Crippen LogP contribution is -2.34. The number of carbonyl (C=O) groups is 2. The van der Waals surface area contributed by atoms with Crippen molar-refractivity contribution in [2.45, 2.75) is 52.9 Å². The lowest BCUT2D eigenvalue weighted by molar-refractivity contribution is -0.129. The van der Waals surface area contributed by atoms with Crippen molar-refractivity contribution in [1.82, 2.24) is 5.32 Å². The number of hydrogen-bond donors (Lipinski definition) is 1. The van der Waals surface area contributed by atoms with Crippen LogP contribution in [0.5, 0.6) is 0 Å². The summed E-state index contributed by atoms with van der Waals surface area (Å²) in [4.78, 5) is 22.9. The second kappa shape index (κ2) is 7.00. The number of carbonyl (C=O) groups excluding carboxylic acids is 2. The van der Waals surface area contributed by atoms with Crippen LogP contribution in [0.25, 0.3) is 0 Å². The van der Waals surface area contributed by atoms with E-state index >= 15 is 0 Å². The molecule has 0 heterocycles. The standard InChI is InChI=1S/C12H20N2O2/c1-4-5-6-10(15)7-8-12(2,3)11(16)14-9-13/h4-8H2,1-3H3,(H,14,16). The van der Waals surface area contributed by atoms with Gasteiger partial charge in [-0.05, 0) is 12.8 Å². The summed E-state index contributed by atoms with van der Waals surface area (Å²) < 4.78 is 0. The first-order valence-corrected chi connectivity index (χ1v) is 5.65.